The van der Waals surface area contributed by atoms with Gasteiger partial charge < -0.3 is 10.1 Å². The number of hydrogen-bond donors (Lipinski definition) is 1. The molecule has 1 aromatic rings. The minimum Gasteiger partial charge on any atom is -0.446 e. The Morgan fingerprint density at radius 3 is 2.35 bits per heavy atom. The lowest BCUT2D eigenvalue weighted by Crippen LogP contribution is -2.37. The van der Waals surface area contributed by atoms with Gasteiger partial charge in [0.1, 0.15) is 12.1 Å². The summed E-state index contributed by atoms with van der Waals surface area (Å²) in [6, 6.07) is 3.93. The lowest BCUT2D eigenvalue weighted by atomic mass is 9.98. The zero-order valence-electron chi connectivity index (χ0n) is 12.5. The van der Waals surface area contributed by atoms with Crippen LogP contribution in [0, 0.1) is 10.1 Å². The predicted octanol–water partition coefficient (Wildman–Crippen LogP) is 2.50. The molecule has 8 nitrogen and oxygen atoms in total. The first-order chi connectivity index (χ1) is 11.0. The summed E-state index contributed by atoms with van der Waals surface area (Å²) in [5, 5.41) is 13.0. The topological polar surface area (TPSA) is 122 Å². The minimum atomic E-state index is -1.20. The van der Waals surface area contributed by atoms with Gasteiger partial charge in [-0.05, 0) is 43.4 Å². The van der Waals surface area contributed by atoms with Crippen molar-refractivity contribution in [2.75, 3.05) is 0 Å². The Balaban J connectivity index is 2.01. The Morgan fingerprint density at radius 2 is 1.83 bits per heavy atom. The Hall–Kier alpha value is -2.64. The maximum Gasteiger partial charge on any atom is 0.408 e. The molecule has 1 unspecified atom stereocenters. The molecule has 23 heavy (non-hydrogen) atoms. The van der Waals surface area contributed by atoms with E-state index in [9.17, 15) is 19.7 Å². The van der Waals surface area contributed by atoms with E-state index in [0.29, 0.717) is 5.56 Å². The van der Waals surface area contributed by atoms with Crippen LogP contribution in [-0.4, -0.2) is 23.0 Å². The lowest BCUT2D eigenvalue weighted by Gasteiger charge is -2.23. The van der Waals surface area contributed by atoms with E-state index in [1.807, 2.05) is 0 Å². The fraction of sp³-hybridized carbons (Fsp3) is 0.467. The van der Waals surface area contributed by atoms with Gasteiger partial charge in [0.2, 0.25) is 0 Å². The van der Waals surface area contributed by atoms with Crippen molar-refractivity contribution in [1.29, 1.82) is 0 Å². The molecule has 2 rings (SSSR count). The third-order valence-corrected chi connectivity index (χ3v) is 3.79. The van der Waals surface area contributed by atoms with E-state index >= 15 is 0 Å². The molecule has 2 N–H and O–H groups in total. The number of hydrogen-bond acceptors (Lipinski definition) is 5. The summed E-state index contributed by atoms with van der Waals surface area (Å²) in [6.07, 6.45) is 3.80. The second-order valence-electron chi connectivity index (χ2n) is 5.46. The molecule has 0 saturated heterocycles. The maximum atomic E-state index is 11.9. The number of nitrogens with one attached hydrogen (secondary N) is 2. The highest BCUT2D eigenvalue weighted by atomic mass is 16.6. The third kappa shape index (κ3) is 4.67. The number of nitrogens with zero attached hydrogens (tertiary/aromatic N) is 1. The third-order valence-electron chi connectivity index (χ3n) is 3.79. The SMILES string of the molecule is [NH]C(=O)C(NC(=O)OC1CCCCC1)c1ccc([N+](=O)[O-])cc1. The molecule has 8 heteroatoms. The molecule has 0 spiro atoms. The standard InChI is InChI=1S/C15H18N3O5/c16-14(19)13(10-6-8-11(9-7-10)18(21)22)17-15(20)23-12-4-2-1-3-5-12/h6-9,12-13,16H,1-5H2,(H,17,20). The van der Waals surface area contributed by atoms with E-state index < -0.39 is 23.0 Å². The molecule has 1 radical (unpaired) electrons. The van der Waals surface area contributed by atoms with E-state index in [1.54, 1.807) is 0 Å². The van der Waals surface area contributed by atoms with Crippen LogP contribution >= 0.6 is 0 Å². The number of alkyl carbamates (subject to hydrolysis) is 1. The largest absolute Gasteiger partial charge is 0.446 e. The molecule has 1 saturated carbocycles. The average Bonchev–Trinajstić information content (AvgIpc) is 2.53. The van der Waals surface area contributed by atoms with Gasteiger partial charge in [-0.2, -0.15) is 0 Å². The van der Waals surface area contributed by atoms with Gasteiger partial charge in [-0.15, -0.1) is 0 Å². The van der Waals surface area contributed by atoms with E-state index in [2.05, 4.69) is 5.32 Å². The first kappa shape index (κ1) is 16.7. The van der Waals surface area contributed by atoms with Crippen molar-refractivity contribution in [1.82, 2.24) is 11.1 Å². The van der Waals surface area contributed by atoms with Crippen molar-refractivity contribution in [3.63, 3.8) is 0 Å². The van der Waals surface area contributed by atoms with Crippen LogP contribution in [0.4, 0.5) is 10.5 Å². The number of nitro benzene ring substituents is 1. The number of carbonyl (C=O) groups is 2. The smallest absolute Gasteiger partial charge is 0.408 e. The summed E-state index contributed by atoms with van der Waals surface area (Å²) >= 11 is 0. The molecule has 1 aromatic carbocycles. The zero-order chi connectivity index (χ0) is 16.8. The summed E-state index contributed by atoms with van der Waals surface area (Å²) in [4.78, 5) is 33.4. The van der Waals surface area contributed by atoms with Gasteiger partial charge in [-0.25, -0.2) is 4.79 Å². The van der Waals surface area contributed by atoms with Crippen LogP contribution < -0.4 is 11.1 Å². The predicted molar refractivity (Wildman–Crippen MR) is 80.4 cm³/mol. The molecule has 0 aromatic heterocycles. The van der Waals surface area contributed by atoms with E-state index in [0.717, 1.165) is 32.1 Å². The Labute approximate surface area is 133 Å². The van der Waals surface area contributed by atoms with Crippen LogP contribution in [0.15, 0.2) is 24.3 Å². The summed E-state index contributed by atoms with van der Waals surface area (Å²) in [5.41, 5.74) is 7.45. The number of rotatable bonds is 5. The molecular formula is C15H18N3O5. The first-order valence-corrected chi connectivity index (χ1v) is 7.44. The van der Waals surface area contributed by atoms with Crippen molar-refractivity contribution < 1.29 is 19.2 Å². The number of nitro groups is 1. The highest BCUT2D eigenvalue weighted by Crippen LogP contribution is 2.22. The lowest BCUT2D eigenvalue weighted by molar-refractivity contribution is -0.384. The fourth-order valence-electron chi connectivity index (χ4n) is 2.57. The molecule has 0 aliphatic heterocycles. The van der Waals surface area contributed by atoms with Crippen LogP contribution in [0.5, 0.6) is 0 Å². The molecule has 1 aliphatic carbocycles. The Morgan fingerprint density at radius 1 is 1.22 bits per heavy atom. The first-order valence-electron chi connectivity index (χ1n) is 7.44. The van der Waals surface area contributed by atoms with Gasteiger partial charge in [0.25, 0.3) is 11.6 Å². The molecular weight excluding hydrogens is 302 g/mol. The summed E-state index contributed by atoms with van der Waals surface area (Å²) in [6.45, 7) is 0. The quantitative estimate of drug-likeness (QED) is 0.659. The molecule has 1 fully saturated rings. The Bertz CT molecular complexity index is 581. The number of ether oxygens (including phenoxy) is 1. The monoisotopic (exact) mass is 320 g/mol. The van der Waals surface area contributed by atoms with Crippen LogP contribution in [0.25, 0.3) is 0 Å². The van der Waals surface area contributed by atoms with Gasteiger partial charge in [-0.1, -0.05) is 6.42 Å². The van der Waals surface area contributed by atoms with Gasteiger partial charge in [0.15, 0.2) is 0 Å². The number of benzene rings is 1. The minimum absolute atomic E-state index is 0.130. The fourth-order valence-corrected chi connectivity index (χ4v) is 2.57. The molecule has 123 valence electrons. The molecule has 0 bridgehead atoms. The van der Waals surface area contributed by atoms with Crippen LogP contribution in [0.3, 0.4) is 0 Å². The highest BCUT2D eigenvalue weighted by Gasteiger charge is 2.24. The summed E-state index contributed by atoms with van der Waals surface area (Å²) in [7, 11) is 0. The van der Waals surface area contributed by atoms with Crippen LogP contribution in [-0.2, 0) is 9.53 Å². The van der Waals surface area contributed by atoms with Crippen molar-refractivity contribution >= 4 is 17.7 Å². The van der Waals surface area contributed by atoms with Gasteiger partial charge in [0, 0.05) is 12.1 Å². The summed E-state index contributed by atoms with van der Waals surface area (Å²) in [5.74, 6) is -1.01. The van der Waals surface area contributed by atoms with Crippen molar-refractivity contribution in [3.05, 3.63) is 39.9 Å². The maximum absolute atomic E-state index is 11.9. The molecule has 0 heterocycles. The van der Waals surface area contributed by atoms with Crippen molar-refractivity contribution in [3.8, 4) is 0 Å². The number of carbonyl (C=O) groups excluding carboxylic acids is 2. The zero-order valence-corrected chi connectivity index (χ0v) is 12.5. The second kappa shape index (κ2) is 7.57. The second-order valence-corrected chi connectivity index (χ2v) is 5.46. The average molecular weight is 320 g/mol. The van der Waals surface area contributed by atoms with E-state index in [-0.39, 0.29) is 11.8 Å². The van der Waals surface area contributed by atoms with E-state index in [1.165, 1.54) is 24.3 Å². The van der Waals surface area contributed by atoms with Crippen LogP contribution in [0.2, 0.25) is 0 Å². The Kier molecular flexibility index (Phi) is 5.51. The van der Waals surface area contributed by atoms with Gasteiger partial charge in [-0.3, -0.25) is 20.6 Å². The number of non-ortho nitro benzene ring substituents is 1. The highest BCUT2D eigenvalue weighted by molar-refractivity contribution is 5.85. The van der Waals surface area contributed by atoms with Crippen molar-refractivity contribution in [2.45, 2.75) is 44.2 Å². The van der Waals surface area contributed by atoms with Gasteiger partial charge >= 0.3 is 6.09 Å². The molecule has 1 atom stereocenters. The molecule has 1 aliphatic rings. The number of amides is 2. The van der Waals surface area contributed by atoms with Gasteiger partial charge in [0.05, 0.1) is 4.92 Å². The van der Waals surface area contributed by atoms with E-state index in [4.69, 9.17) is 10.5 Å². The van der Waals surface area contributed by atoms with Crippen LogP contribution in [0.1, 0.15) is 43.7 Å². The van der Waals surface area contributed by atoms with Crippen molar-refractivity contribution in [2.24, 2.45) is 0 Å². The summed E-state index contributed by atoms with van der Waals surface area (Å²) < 4.78 is 5.26. The molecule has 2 amide bonds. The normalized spacial score (nSPS) is 16.3.